The summed E-state index contributed by atoms with van der Waals surface area (Å²) in [5.74, 6) is -0.733. The lowest BCUT2D eigenvalue weighted by Gasteiger charge is -2.31. The number of nitrogens with zero attached hydrogens (tertiary/aromatic N) is 3. The first-order chi connectivity index (χ1) is 16.8. The molecule has 0 amide bonds. The maximum Gasteiger partial charge on any atom is 0.343 e. The molecule has 182 valence electrons. The number of carbonyl (C=O) groups excluding carboxylic acids is 1. The molecule has 0 unspecified atom stereocenters. The number of benzene rings is 1. The Morgan fingerprint density at radius 3 is 2.80 bits per heavy atom. The van der Waals surface area contributed by atoms with Crippen LogP contribution in [0.25, 0.3) is 22.3 Å². The van der Waals surface area contributed by atoms with Crippen LogP contribution in [0.1, 0.15) is 56.2 Å². The molecule has 5 rings (SSSR count). The molecule has 35 heavy (non-hydrogen) atoms. The Morgan fingerprint density at radius 1 is 1.29 bits per heavy atom. The number of aliphatic hydroxyl groups is 1. The quantitative estimate of drug-likeness (QED) is 0.238. The number of cyclic esters (lactones) is 1. The van der Waals surface area contributed by atoms with Gasteiger partial charge in [-0.3, -0.25) is 4.79 Å². The zero-order valence-corrected chi connectivity index (χ0v) is 20.1. The highest BCUT2D eigenvalue weighted by atomic mass is 16.6. The Balaban J connectivity index is 1.79. The van der Waals surface area contributed by atoms with Gasteiger partial charge in [0, 0.05) is 28.7 Å². The van der Waals surface area contributed by atoms with Crippen molar-refractivity contribution in [2.24, 2.45) is 0 Å². The molecule has 2 aliphatic rings. The summed E-state index contributed by atoms with van der Waals surface area (Å²) in [7, 11) is 0. The molecular formula is C27H30N4O4. The van der Waals surface area contributed by atoms with Crippen LogP contribution in [0.2, 0.25) is 0 Å². The van der Waals surface area contributed by atoms with Crippen LogP contribution in [-0.2, 0) is 28.3 Å². The lowest BCUT2D eigenvalue weighted by molar-refractivity contribution is -0.172. The van der Waals surface area contributed by atoms with Crippen LogP contribution in [0.4, 0.5) is 11.4 Å². The highest BCUT2D eigenvalue weighted by Gasteiger charge is 2.45. The fourth-order valence-corrected chi connectivity index (χ4v) is 5.28. The SMILES string of the molecule is C=CN(CCCCC)c1c2c(nc3cccc(N)c13)-c1cc3c(c(=O)n1C2)COC(=O)[C@]3(O)CC. The number of carbonyl (C=O) groups is 1. The highest BCUT2D eigenvalue weighted by Crippen LogP contribution is 2.44. The van der Waals surface area contributed by atoms with Gasteiger partial charge in [0.05, 0.1) is 34.7 Å². The zero-order chi connectivity index (χ0) is 24.9. The van der Waals surface area contributed by atoms with Gasteiger partial charge in [-0.05, 0) is 37.2 Å². The van der Waals surface area contributed by atoms with E-state index in [2.05, 4.69) is 18.4 Å². The van der Waals surface area contributed by atoms with Gasteiger partial charge in [-0.1, -0.05) is 39.3 Å². The average Bonchev–Trinajstić information content (AvgIpc) is 3.22. The van der Waals surface area contributed by atoms with Gasteiger partial charge in [-0.25, -0.2) is 9.78 Å². The summed E-state index contributed by atoms with van der Waals surface area (Å²) in [6.07, 6.45) is 5.06. The smallest absolute Gasteiger partial charge is 0.343 e. The van der Waals surface area contributed by atoms with E-state index in [0.717, 1.165) is 42.4 Å². The van der Waals surface area contributed by atoms with Gasteiger partial charge < -0.3 is 25.0 Å². The number of nitrogen functional groups attached to an aromatic ring is 1. The number of pyridine rings is 2. The van der Waals surface area contributed by atoms with Crippen LogP contribution < -0.4 is 16.2 Å². The molecule has 0 saturated carbocycles. The molecule has 2 aromatic heterocycles. The second-order valence-corrected chi connectivity index (χ2v) is 9.22. The number of aromatic nitrogens is 2. The Hall–Kier alpha value is -3.65. The van der Waals surface area contributed by atoms with Gasteiger partial charge >= 0.3 is 5.97 Å². The maximum absolute atomic E-state index is 13.6. The minimum absolute atomic E-state index is 0.100. The number of nitrogens with two attached hydrogens (primary N) is 1. The van der Waals surface area contributed by atoms with Crippen molar-refractivity contribution in [3.8, 4) is 11.4 Å². The van der Waals surface area contributed by atoms with E-state index in [1.165, 1.54) is 0 Å². The molecular weight excluding hydrogens is 444 g/mol. The Kier molecular flexibility index (Phi) is 5.63. The molecule has 3 aromatic rings. The van der Waals surface area contributed by atoms with Crippen molar-refractivity contribution in [1.82, 2.24) is 9.55 Å². The van der Waals surface area contributed by atoms with Crippen molar-refractivity contribution in [3.63, 3.8) is 0 Å². The minimum Gasteiger partial charge on any atom is -0.458 e. The van der Waals surface area contributed by atoms with Crippen LogP contribution in [-0.4, -0.2) is 27.2 Å². The number of fused-ring (bicyclic) bond motifs is 5. The van der Waals surface area contributed by atoms with E-state index >= 15 is 0 Å². The summed E-state index contributed by atoms with van der Waals surface area (Å²) in [6, 6.07) is 7.35. The third-order valence-electron chi connectivity index (χ3n) is 7.23. The van der Waals surface area contributed by atoms with Crippen LogP contribution in [0.5, 0.6) is 0 Å². The third-order valence-corrected chi connectivity index (χ3v) is 7.23. The predicted molar refractivity (Wildman–Crippen MR) is 136 cm³/mol. The van der Waals surface area contributed by atoms with Gasteiger partial charge in [-0.2, -0.15) is 0 Å². The maximum atomic E-state index is 13.6. The second kappa shape index (κ2) is 8.53. The summed E-state index contributed by atoms with van der Waals surface area (Å²) in [5, 5.41) is 12.0. The number of rotatable bonds is 7. The Bertz CT molecular complexity index is 1430. The number of anilines is 2. The van der Waals surface area contributed by atoms with E-state index in [9.17, 15) is 14.7 Å². The predicted octanol–water partition coefficient (Wildman–Crippen LogP) is 3.80. The normalized spacial score (nSPS) is 18.1. The van der Waals surface area contributed by atoms with E-state index < -0.39 is 11.6 Å². The van der Waals surface area contributed by atoms with Gasteiger partial charge in [0.15, 0.2) is 5.60 Å². The number of unbranched alkanes of at least 4 members (excludes halogenated alkanes) is 2. The van der Waals surface area contributed by atoms with Crippen molar-refractivity contribution >= 4 is 28.2 Å². The molecule has 2 aliphatic heterocycles. The van der Waals surface area contributed by atoms with E-state index in [0.29, 0.717) is 40.3 Å². The Labute approximate surface area is 203 Å². The number of hydrogen-bond donors (Lipinski definition) is 2. The summed E-state index contributed by atoms with van der Waals surface area (Å²) in [4.78, 5) is 33.1. The largest absolute Gasteiger partial charge is 0.458 e. The molecule has 0 fully saturated rings. The molecule has 1 aromatic carbocycles. The van der Waals surface area contributed by atoms with Gasteiger partial charge in [0.25, 0.3) is 5.56 Å². The van der Waals surface area contributed by atoms with Crippen molar-refractivity contribution < 1.29 is 14.6 Å². The lowest BCUT2D eigenvalue weighted by Crippen LogP contribution is -2.44. The average molecular weight is 475 g/mol. The zero-order valence-electron chi connectivity index (χ0n) is 20.1. The third kappa shape index (κ3) is 3.35. The topological polar surface area (TPSA) is 111 Å². The van der Waals surface area contributed by atoms with Crippen molar-refractivity contribution in [2.75, 3.05) is 17.2 Å². The van der Waals surface area contributed by atoms with Crippen LogP contribution in [0.15, 0.2) is 41.8 Å². The van der Waals surface area contributed by atoms with E-state index in [1.54, 1.807) is 23.8 Å². The minimum atomic E-state index is -1.86. The molecule has 1 atom stereocenters. The second-order valence-electron chi connectivity index (χ2n) is 9.22. The fourth-order valence-electron chi connectivity index (χ4n) is 5.28. The van der Waals surface area contributed by atoms with E-state index in [4.69, 9.17) is 15.5 Å². The van der Waals surface area contributed by atoms with Crippen LogP contribution in [0, 0.1) is 0 Å². The molecule has 4 heterocycles. The number of esters is 1. The molecule has 0 aliphatic carbocycles. The molecule has 0 radical (unpaired) electrons. The van der Waals surface area contributed by atoms with E-state index in [-0.39, 0.29) is 18.6 Å². The monoisotopic (exact) mass is 474 g/mol. The number of hydrogen-bond acceptors (Lipinski definition) is 7. The molecule has 8 nitrogen and oxygen atoms in total. The molecule has 0 bridgehead atoms. The Morgan fingerprint density at radius 2 is 2.09 bits per heavy atom. The van der Waals surface area contributed by atoms with Crippen molar-refractivity contribution in [3.05, 3.63) is 64.1 Å². The molecule has 3 N–H and O–H groups in total. The van der Waals surface area contributed by atoms with Crippen LogP contribution in [0.3, 0.4) is 0 Å². The highest BCUT2D eigenvalue weighted by molar-refractivity contribution is 6.04. The van der Waals surface area contributed by atoms with Gasteiger partial charge in [0.2, 0.25) is 0 Å². The molecule has 8 heteroatoms. The summed E-state index contributed by atoms with van der Waals surface area (Å²) >= 11 is 0. The summed E-state index contributed by atoms with van der Waals surface area (Å²) in [6.45, 7) is 8.82. The molecule has 0 saturated heterocycles. The van der Waals surface area contributed by atoms with Crippen molar-refractivity contribution in [2.45, 2.75) is 58.3 Å². The standard InChI is InChI=1S/C27H30N4O4/c1-4-7-8-12-30(6-3)24-16-14-31-21(23(16)29-20-11-9-10-19(28)22(20)24)13-18-17(25(31)32)15-35-26(33)27(18,34)5-2/h6,9-11,13,34H,3-5,7-8,12,14-15,28H2,1-2H3/t27-/m0/s1. The first-order valence-corrected chi connectivity index (χ1v) is 12.1. The van der Waals surface area contributed by atoms with Gasteiger partial charge in [-0.15, -0.1) is 0 Å². The first kappa shape index (κ1) is 23.1. The molecule has 0 spiro atoms. The van der Waals surface area contributed by atoms with E-state index in [1.807, 2.05) is 18.2 Å². The van der Waals surface area contributed by atoms with Crippen molar-refractivity contribution in [1.29, 1.82) is 0 Å². The lowest BCUT2D eigenvalue weighted by atomic mass is 9.86. The van der Waals surface area contributed by atoms with Gasteiger partial charge in [0.1, 0.15) is 6.61 Å². The summed E-state index contributed by atoms with van der Waals surface area (Å²) < 4.78 is 6.84. The summed E-state index contributed by atoms with van der Waals surface area (Å²) in [5.41, 5.74) is 9.23. The number of ether oxygens (including phenoxy) is 1. The first-order valence-electron chi connectivity index (χ1n) is 12.1. The van der Waals surface area contributed by atoms with Crippen LogP contribution >= 0.6 is 0 Å². The fraction of sp³-hybridized carbons (Fsp3) is 0.370.